The lowest BCUT2D eigenvalue weighted by Gasteiger charge is -2.07. The van der Waals surface area contributed by atoms with Crippen LogP contribution in [0.3, 0.4) is 0 Å². The Hall–Kier alpha value is -1.95. The average molecular weight is 363 g/mol. The molecular formula is C16H19BrN4O. The highest BCUT2D eigenvalue weighted by molar-refractivity contribution is 9.10. The number of unbranched alkanes of at least 4 members (excludes halogenated alkanes) is 2. The lowest BCUT2D eigenvalue weighted by atomic mass is 10.2. The molecule has 1 aromatic carbocycles. The van der Waals surface area contributed by atoms with Gasteiger partial charge in [0.15, 0.2) is 0 Å². The van der Waals surface area contributed by atoms with E-state index in [0.717, 1.165) is 36.0 Å². The third-order valence-corrected chi connectivity index (χ3v) is 3.58. The first-order valence-electron chi connectivity index (χ1n) is 7.33. The number of carbonyl (C=O) groups is 1. The molecular weight excluding hydrogens is 344 g/mol. The van der Waals surface area contributed by atoms with E-state index in [4.69, 9.17) is 0 Å². The molecule has 2 N–H and O–H groups in total. The molecule has 1 heterocycles. The molecule has 1 aromatic heterocycles. The van der Waals surface area contributed by atoms with E-state index in [9.17, 15) is 4.79 Å². The van der Waals surface area contributed by atoms with Gasteiger partial charge in [-0.15, -0.1) is 0 Å². The number of amides is 1. The molecule has 0 saturated carbocycles. The van der Waals surface area contributed by atoms with Gasteiger partial charge in [-0.2, -0.15) is 0 Å². The Bertz CT molecular complexity index is 616. The van der Waals surface area contributed by atoms with Crippen LogP contribution in [0, 0.1) is 0 Å². The summed E-state index contributed by atoms with van der Waals surface area (Å²) in [6.07, 6.45) is 4.98. The number of halogens is 1. The summed E-state index contributed by atoms with van der Waals surface area (Å²) in [4.78, 5) is 20.6. The molecule has 0 aliphatic rings. The second-order valence-electron chi connectivity index (χ2n) is 4.86. The smallest absolute Gasteiger partial charge is 0.274 e. The Kier molecular flexibility index (Phi) is 6.33. The molecule has 0 radical (unpaired) electrons. The van der Waals surface area contributed by atoms with Crippen LogP contribution in [0.2, 0.25) is 0 Å². The minimum absolute atomic E-state index is 0.249. The maximum Gasteiger partial charge on any atom is 0.274 e. The molecule has 22 heavy (non-hydrogen) atoms. The van der Waals surface area contributed by atoms with E-state index in [1.807, 2.05) is 24.3 Å². The Balaban J connectivity index is 1.96. The van der Waals surface area contributed by atoms with Gasteiger partial charge in [0, 0.05) is 22.9 Å². The maximum atomic E-state index is 12.2. The van der Waals surface area contributed by atoms with Crippen LogP contribution in [-0.2, 0) is 0 Å². The molecule has 116 valence electrons. The molecule has 0 aliphatic carbocycles. The number of nitrogens with zero attached hydrogens (tertiary/aromatic N) is 2. The maximum absolute atomic E-state index is 12.2. The molecule has 0 spiro atoms. The first-order valence-corrected chi connectivity index (χ1v) is 8.12. The van der Waals surface area contributed by atoms with Crippen molar-refractivity contribution in [2.45, 2.75) is 26.2 Å². The van der Waals surface area contributed by atoms with E-state index in [1.54, 1.807) is 12.3 Å². The summed E-state index contributed by atoms with van der Waals surface area (Å²) in [7, 11) is 0. The van der Waals surface area contributed by atoms with E-state index < -0.39 is 0 Å². The zero-order chi connectivity index (χ0) is 15.8. The molecule has 2 rings (SSSR count). The van der Waals surface area contributed by atoms with E-state index in [2.05, 4.69) is 43.5 Å². The quantitative estimate of drug-likeness (QED) is 0.727. The first-order chi connectivity index (χ1) is 10.7. The third-order valence-electron chi connectivity index (χ3n) is 3.05. The second kappa shape index (κ2) is 8.48. The zero-order valence-corrected chi connectivity index (χ0v) is 14.1. The van der Waals surface area contributed by atoms with Crippen LogP contribution in [0.5, 0.6) is 0 Å². The van der Waals surface area contributed by atoms with Crippen LogP contribution in [-0.4, -0.2) is 22.4 Å². The number of anilines is 2. The van der Waals surface area contributed by atoms with Crippen molar-refractivity contribution in [1.82, 2.24) is 9.97 Å². The molecule has 0 unspecified atom stereocenters. The highest BCUT2D eigenvalue weighted by Gasteiger charge is 2.09. The summed E-state index contributed by atoms with van der Waals surface area (Å²) in [6, 6.07) is 9.00. The van der Waals surface area contributed by atoms with Gasteiger partial charge in [-0.3, -0.25) is 4.79 Å². The zero-order valence-electron chi connectivity index (χ0n) is 12.5. The average Bonchev–Trinajstić information content (AvgIpc) is 2.54. The van der Waals surface area contributed by atoms with Gasteiger partial charge in [0.25, 0.3) is 5.91 Å². The van der Waals surface area contributed by atoms with Crippen LogP contribution < -0.4 is 10.6 Å². The van der Waals surface area contributed by atoms with Crippen LogP contribution in [0.25, 0.3) is 0 Å². The molecule has 6 heteroatoms. The Morgan fingerprint density at radius 2 is 1.95 bits per heavy atom. The van der Waals surface area contributed by atoms with Crippen molar-refractivity contribution >= 4 is 33.5 Å². The summed E-state index contributed by atoms with van der Waals surface area (Å²) >= 11 is 3.36. The number of aromatic nitrogens is 2. The predicted molar refractivity (Wildman–Crippen MR) is 92.1 cm³/mol. The SMILES string of the molecule is CCCCCNc1nccc(C(=O)Nc2ccc(Br)cc2)n1. The Morgan fingerprint density at radius 3 is 2.68 bits per heavy atom. The predicted octanol–water partition coefficient (Wildman–Crippen LogP) is 4.09. The summed E-state index contributed by atoms with van der Waals surface area (Å²) < 4.78 is 0.964. The fourth-order valence-electron chi connectivity index (χ4n) is 1.87. The molecule has 0 bridgehead atoms. The van der Waals surface area contributed by atoms with Gasteiger partial charge >= 0.3 is 0 Å². The van der Waals surface area contributed by atoms with E-state index in [1.165, 1.54) is 0 Å². The van der Waals surface area contributed by atoms with Crippen molar-refractivity contribution in [1.29, 1.82) is 0 Å². The van der Waals surface area contributed by atoms with E-state index in [-0.39, 0.29) is 5.91 Å². The van der Waals surface area contributed by atoms with Crippen molar-refractivity contribution in [3.63, 3.8) is 0 Å². The largest absolute Gasteiger partial charge is 0.354 e. The fraction of sp³-hybridized carbons (Fsp3) is 0.312. The van der Waals surface area contributed by atoms with E-state index in [0.29, 0.717) is 11.6 Å². The summed E-state index contributed by atoms with van der Waals surface area (Å²) in [6.45, 7) is 2.97. The van der Waals surface area contributed by atoms with Gasteiger partial charge < -0.3 is 10.6 Å². The van der Waals surface area contributed by atoms with Gasteiger partial charge in [-0.05, 0) is 36.8 Å². The summed E-state index contributed by atoms with van der Waals surface area (Å²) in [5.41, 5.74) is 1.07. The molecule has 2 aromatic rings. The highest BCUT2D eigenvalue weighted by Crippen LogP contribution is 2.15. The lowest BCUT2D eigenvalue weighted by Crippen LogP contribution is -2.15. The molecule has 0 fully saturated rings. The van der Waals surface area contributed by atoms with Crippen molar-refractivity contribution in [2.24, 2.45) is 0 Å². The van der Waals surface area contributed by atoms with Gasteiger partial charge in [0.1, 0.15) is 5.69 Å². The molecule has 1 amide bonds. The standard InChI is InChI=1S/C16H19BrN4O/c1-2-3-4-10-18-16-19-11-9-14(21-16)15(22)20-13-7-5-12(17)6-8-13/h5-9,11H,2-4,10H2,1H3,(H,20,22)(H,18,19,21). The fourth-order valence-corrected chi connectivity index (χ4v) is 2.14. The van der Waals surface area contributed by atoms with Crippen molar-refractivity contribution in [3.05, 3.63) is 46.7 Å². The number of benzene rings is 1. The topological polar surface area (TPSA) is 66.9 Å². The number of hydrogen-bond donors (Lipinski definition) is 2. The van der Waals surface area contributed by atoms with Gasteiger partial charge in [0.2, 0.25) is 5.95 Å². The van der Waals surface area contributed by atoms with Crippen molar-refractivity contribution in [3.8, 4) is 0 Å². The van der Waals surface area contributed by atoms with Gasteiger partial charge in [0.05, 0.1) is 0 Å². The molecule has 0 atom stereocenters. The Labute approximate surface area is 138 Å². The first kappa shape index (κ1) is 16.4. The monoisotopic (exact) mass is 362 g/mol. The third kappa shape index (κ3) is 5.11. The van der Waals surface area contributed by atoms with Crippen LogP contribution in [0.1, 0.15) is 36.7 Å². The minimum Gasteiger partial charge on any atom is -0.354 e. The highest BCUT2D eigenvalue weighted by atomic mass is 79.9. The lowest BCUT2D eigenvalue weighted by molar-refractivity contribution is 0.102. The molecule has 0 aliphatic heterocycles. The van der Waals surface area contributed by atoms with Crippen LogP contribution in [0.4, 0.5) is 11.6 Å². The van der Waals surface area contributed by atoms with Crippen LogP contribution in [0.15, 0.2) is 41.0 Å². The Morgan fingerprint density at radius 1 is 1.18 bits per heavy atom. The number of hydrogen-bond acceptors (Lipinski definition) is 4. The number of nitrogens with one attached hydrogen (secondary N) is 2. The summed E-state index contributed by atoms with van der Waals surface area (Å²) in [5, 5.41) is 5.95. The second-order valence-corrected chi connectivity index (χ2v) is 5.78. The van der Waals surface area contributed by atoms with E-state index >= 15 is 0 Å². The van der Waals surface area contributed by atoms with Crippen LogP contribution >= 0.6 is 15.9 Å². The normalized spacial score (nSPS) is 10.3. The van der Waals surface area contributed by atoms with Crippen molar-refractivity contribution < 1.29 is 4.79 Å². The summed E-state index contributed by atoms with van der Waals surface area (Å²) in [5.74, 6) is 0.237. The molecule has 5 nitrogen and oxygen atoms in total. The molecule has 0 saturated heterocycles. The minimum atomic E-state index is -0.249. The van der Waals surface area contributed by atoms with Crippen molar-refractivity contribution in [2.75, 3.05) is 17.2 Å². The van der Waals surface area contributed by atoms with Gasteiger partial charge in [-0.25, -0.2) is 9.97 Å². The number of rotatable bonds is 7. The van der Waals surface area contributed by atoms with Gasteiger partial charge in [-0.1, -0.05) is 35.7 Å². The number of carbonyl (C=O) groups excluding carboxylic acids is 1.